The number of benzene rings is 1. The first-order valence-corrected chi connectivity index (χ1v) is 9.89. The number of nitrogens with zero attached hydrogens (tertiary/aromatic N) is 2. The smallest absolute Gasteiger partial charge is 0.367 e. The second-order valence-electron chi connectivity index (χ2n) is 6.93. The molecule has 2 rings (SSSR count). The van der Waals surface area contributed by atoms with Gasteiger partial charge in [0.2, 0.25) is 0 Å². The number of likely N-dealkylation sites (tertiary alicyclic amines) is 1. The molecule has 1 aliphatic heterocycles. The highest BCUT2D eigenvalue weighted by Gasteiger charge is 2.27. The van der Waals surface area contributed by atoms with Gasteiger partial charge in [0.25, 0.3) is 0 Å². The van der Waals surface area contributed by atoms with Gasteiger partial charge in [-0.25, -0.2) is 4.99 Å². The first kappa shape index (κ1) is 26.0. The predicted molar refractivity (Wildman–Crippen MR) is 121 cm³/mol. The van der Waals surface area contributed by atoms with E-state index < -0.39 is 12.8 Å². The summed E-state index contributed by atoms with van der Waals surface area (Å²) in [5.41, 5.74) is 1.64. The summed E-state index contributed by atoms with van der Waals surface area (Å²) < 4.78 is 41.3. The Balaban J connectivity index is 0.00000420. The standard InChI is InChI=1S/C20H31F3N4O.HI/c1-3-24-19(26-13-18-9-6-10-27(18)4-2)25-12-16-7-5-8-17(11-16)14-28-15-20(21,22)23;/h5,7-8,11,18H,3-4,6,9-10,12-15H2,1-2H3,(H2,24,25,26);1H. The maximum Gasteiger partial charge on any atom is 0.411 e. The number of hydrogen-bond acceptors (Lipinski definition) is 3. The Bertz CT molecular complexity index is 628. The Hall–Kier alpha value is -1.07. The van der Waals surface area contributed by atoms with Crippen LogP contribution in [0.1, 0.15) is 37.8 Å². The largest absolute Gasteiger partial charge is 0.411 e. The van der Waals surface area contributed by atoms with E-state index in [1.807, 2.05) is 25.1 Å². The molecule has 2 N–H and O–H groups in total. The topological polar surface area (TPSA) is 48.9 Å². The van der Waals surface area contributed by atoms with E-state index >= 15 is 0 Å². The molecule has 0 bridgehead atoms. The van der Waals surface area contributed by atoms with Crippen LogP contribution in [-0.2, 0) is 17.9 Å². The lowest BCUT2D eigenvalue weighted by molar-refractivity contribution is -0.176. The number of ether oxygens (including phenoxy) is 1. The van der Waals surface area contributed by atoms with Crippen molar-refractivity contribution in [1.29, 1.82) is 0 Å². The van der Waals surface area contributed by atoms with Gasteiger partial charge in [0, 0.05) is 19.1 Å². The molecule has 1 aromatic rings. The molecule has 1 saturated heterocycles. The number of nitrogens with one attached hydrogen (secondary N) is 2. The number of guanidine groups is 1. The Kier molecular flexibility index (Phi) is 11.9. The van der Waals surface area contributed by atoms with E-state index in [0.29, 0.717) is 18.2 Å². The van der Waals surface area contributed by atoms with Crippen molar-refractivity contribution in [2.45, 2.75) is 52.1 Å². The predicted octanol–water partition coefficient (Wildman–Crippen LogP) is 3.92. The van der Waals surface area contributed by atoms with Crippen LogP contribution >= 0.6 is 24.0 Å². The van der Waals surface area contributed by atoms with E-state index in [2.05, 4.69) is 27.4 Å². The summed E-state index contributed by atoms with van der Waals surface area (Å²) in [5, 5.41) is 6.66. The van der Waals surface area contributed by atoms with E-state index in [4.69, 9.17) is 4.74 Å². The molecule has 1 atom stereocenters. The Morgan fingerprint density at radius 2 is 2.00 bits per heavy atom. The summed E-state index contributed by atoms with van der Waals surface area (Å²) in [5.74, 6) is 0.754. The lowest BCUT2D eigenvalue weighted by Gasteiger charge is -2.24. The van der Waals surface area contributed by atoms with Gasteiger partial charge in [-0.2, -0.15) is 13.2 Å². The lowest BCUT2D eigenvalue weighted by Crippen LogP contribution is -2.44. The van der Waals surface area contributed by atoms with Gasteiger partial charge in [0.05, 0.1) is 13.2 Å². The highest BCUT2D eigenvalue weighted by atomic mass is 127. The van der Waals surface area contributed by atoms with E-state index in [-0.39, 0.29) is 30.6 Å². The molecule has 0 radical (unpaired) electrons. The molecule has 5 nitrogen and oxygen atoms in total. The summed E-state index contributed by atoms with van der Waals surface area (Å²) in [4.78, 5) is 7.08. The molecule has 1 aliphatic rings. The normalized spacial score (nSPS) is 17.8. The molecule has 9 heteroatoms. The van der Waals surface area contributed by atoms with Crippen LogP contribution in [0.2, 0.25) is 0 Å². The minimum Gasteiger partial charge on any atom is -0.367 e. The number of rotatable bonds is 9. The number of likely N-dealkylation sites (N-methyl/N-ethyl adjacent to an activating group) is 1. The third-order valence-corrected chi connectivity index (χ3v) is 4.70. The third kappa shape index (κ3) is 9.99. The molecule has 1 heterocycles. The van der Waals surface area contributed by atoms with Crippen molar-refractivity contribution in [3.63, 3.8) is 0 Å². The van der Waals surface area contributed by atoms with Crippen LogP contribution < -0.4 is 10.6 Å². The molecule has 0 spiro atoms. The first-order chi connectivity index (χ1) is 13.4. The number of alkyl halides is 3. The SMILES string of the molecule is CCNC(=NCc1cccc(COCC(F)(F)F)c1)NCC1CCCN1CC.I. The molecule has 0 saturated carbocycles. The van der Waals surface area contributed by atoms with Crippen LogP contribution in [0.25, 0.3) is 0 Å². The quantitative estimate of drug-likeness (QED) is 0.290. The van der Waals surface area contributed by atoms with Crippen molar-refractivity contribution < 1.29 is 17.9 Å². The zero-order valence-corrected chi connectivity index (χ0v) is 19.4. The van der Waals surface area contributed by atoms with Gasteiger partial charge in [0.1, 0.15) is 6.61 Å². The zero-order chi connectivity index (χ0) is 20.4. The monoisotopic (exact) mass is 528 g/mol. The number of halogens is 4. The van der Waals surface area contributed by atoms with Crippen LogP contribution in [0.4, 0.5) is 13.2 Å². The van der Waals surface area contributed by atoms with Gasteiger partial charge in [-0.3, -0.25) is 4.90 Å². The van der Waals surface area contributed by atoms with Gasteiger partial charge >= 0.3 is 6.18 Å². The van der Waals surface area contributed by atoms with Gasteiger partial charge in [-0.05, 0) is 44.0 Å². The second-order valence-corrected chi connectivity index (χ2v) is 6.93. The number of hydrogen-bond donors (Lipinski definition) is 2. The highest BCUT2D eigenvalue weighted by molar-refractivity contribution is 14.0. The summed E-state index contributed by atoms with van der Waals surface area (Å²) >= 11 is 0. The molecule has 0 aliphatic carbocycles. The summed E-state index contributed by atoms with van der Waals surface area (Å²) in [6, 6.07) is 7.85. The fraction of sp³-hybridized carbons (Fsp3) is 0.650. The van der Waals surface area contributed by atoms with E-state index in [1.165, 1.54) is 12.8 Å². The molecular formula is C20H32F3IN4O. The van der Waals surface area contributed by atoms with Crippen molar-refractivity contribution in [2.24, 2.45) is 4.99 Å². The minimum atomic E-state index is -4.30. The van der Waals surface area contributed by atoms with Crippen molar-refractivity contribution in [2.75, 3.05) is 32.8 Å². The third-order valence-electron chi connectivity index (χ3n) is 4.70. The lowest BCUT2D eigenvalue weighted by atomic mass is 10.1. The van der Waals surface area contributed by atoms with Crippen molar-refractivity contribution >= 4 is 29.9 Å². The van der Waals surface area contributed by atoms with Crippen LogP contribution in [0.3, 0.4) is 0 Å². The average molecular weight is 528 g/mol. The van der Waals surface area contributed by atoms with Crippen LogP contribution in [0.5, 0.6) is 0 Å². The number of aliphatic imine (C=N–C) groups is 1. The second kappa shape index (κ2) is 13.3. The molecule has 29 heavy (non-hydrogen) atoms. The fourth-order valence-corrected chi connectivity index (χ4v) is 3.37. The minimum absolute atomic E-state index is 0. The molecular weight excluding hydrogens is 496 g/mol. The first-order valence-electron chi connectivity index (χ1n) is 9.89. The van der Waals surface area contributed by atoms with Crippen LogP contribution in [0.15, 0.2) is 29.3 Å². The Morgan fingerprint density at radius 1 is 1.24 bits per heavy atom. The summed E-state index contributed by atoms with van der Waals surface area (Å²) in [7, 11) is 0. The van der Waals surface area contributed by atoms with Crippen LogP contribution in [-0.4, -0.2) is 55.9 Å². The summed E-state index contributed by atoms with van der Waals surface area (Å²) in [6.45, 7) is 7.17. The van der Waals surface area contributed by atoms with Gasteiger partial charge < -0.3 is 15.4 Å². The van der Waals surface area contributed by atoms with E-state index in [1.54, 1.807) is 6.07 Å². The zero-order valence-electron chi connectivity index (χ0n) is 17.1. The maximum absolute atomic E-state index is 12.2. The molecule has 0 amide bonds. The Labute approximate surface area is 188 Å². The van der Waals surface area contributed by atoms with Crippen molar-refractivity contribution in [3.05, 3.63) is 35.4 Å². The molecule has 0 aromatic heterocycles. The van der Waals surface area contributed by atoms with Crippen molar-refractivity contribution in [3.8, 4) is 0 Å². The average Bonchev–Trinajstić information content (AvgIpc) is 3.11. The van der Waals surface area contributed by atoms with Crippen LogP contribution in [0, 0.1) is 0 Å². The fourth-order valence-electron chi connectivity index (χ4n) is 3.37. The van der Waals surface area contributed by atoms with Crippen molar-refractivity contribution in [1.82, 2.24) is 15.5 Å². The van der Waals surface area contributed by atoms with E-state index in [0.717, 1.165) is 37.7 Å². The van der Waals surface area contributed by atoms with Gasteiger partial charge in [-0.1, -0.05) is 31.2 Å². The van der Waals surface area contributed by atoms with E-state index in [9.17, 15) is 13.2 Å². The Morgan fingerprint density at radius 3 is 2.69 bits per heavy atom. The maximum atomic E-state index is 12.2. The van der Waals surface area contributed by atoms with Gasteiger partial charge in [-0.15, -0.1) is 24.0 Å². The van der Waals surface area contributed by atoms with Gasteiger partial charge in [0.15, 0.2) is 5.96 Å². The molecule has 1 unspecified atom stereocenters. The molecule has 166 valence electrons. The summed E-state index contributed by atoms with van der Waals surface area (Å²) in [6.07, 6.45) is -1.88. The highest BCUT2D eigenvalue weighted by Crippen LogP contribution is 2.17. The molecule has 1 fully saturated rings. The molecule has 1 aromatic carbocycles.